The maximum Gasteiger partial charge on any atom is 0.262 e. The Labute approximate surface area is 200 Å². The van der Waals surface area contributed by atoms with Gasteiger partial charge in [-0.2, -0.15) is 5.10 Å². The van der Waals surface area contributed by atoms with E-state index >= 15 is 0 Å². The molecule has 178 valence electrons. The summed E-state index contributed by atoms with van der Waals surface area (Å²) in [5.41, 5.74) is 3.70. The van der Waals surface area contributed by atoms with Crippen LogP contribution in [-0.2, 0) is 4.79 Å². The summed E-state index contributed by atoms with van der Waals surface area (Å²) in [6.07, 6.45) is 2.89. The molecule has 0 fully saturated rings. The van der Waals surface area contributed by atoms with Crippen molar-refractivity contribution in [2.24, 2.45) is 11.0 Å². The lowest BCUT2D eigenvalue weighted by molar-refractivity contribution is -0.123. The Bertz CT molecular complexity index is 945. The number of carbonyl (C=O) groups excluding carboxylic acids is 2. The van der Waals surface area contributed by atoms with Gasteiger partial charge in [0.25, 0.3) is 11.8 Å². The van der Waals surface area contributed by atoms with Gasteiger partial charge in [0.05, 0.1) is 19.4 Å². The van der Waals surface area contributed by atoms with Crippen LogP contribution < -0.4 is 20.2 Å². The van der Waals surface area contributed by atoms with Crippen molar-refractivity contribution < 1.29 is 19.1 Å². The van der Waals surface area contributed by atoms with Crippen LogP contribution in [0.1, 0.15) is 56.5 Å². The molecule has 0 aliphatic rings. The van der Waals surface area contributed by atoms with Crippen LogP contribution in [0.2, 0.25) is 5.02 Å². The molecule has 7 nitrogen and oxygen atoms in total. The molecule has 2 aromatic carbocycles. The highest BCUT2D eigenvalue weighted by Crippen LogP contribution is 2.28. The topological polar surface area (TPSA) is 89.0 Å². The highest BCUT2D eigenvalue weighted by atomic mass is 35.5. The third-order valence-corrected chi connectivity index (χ3v) is 4.80. The van der Waals surface area contributed by atoms with Gasteiger partial charge in [-0.15, -0.1) is 0 Å². The van der Waals surface area contributed by atoms with Crippen molar-refractivity contribution in [3.63, 3.8) is 0 Å². The number of nitrogens with zero attached hydrogens (tertiary/aromatic N) is 1. The number of amides is 2. The smallest absolute Gasteiger partial charge is 0.262 e. The maximum atomic E-state index is 12.7. The minimum absolute atomic E-state index is 0.194. The van der Waals surface area contributed by atoms with Crippen molar-refractivity contribution in [1.29, 1.82) is 0 Å². The largest absolute Gasteiger partial charge is 0.490 e. The number of halogens is 1. The Morgan fingerprint density at radius 1 is 1.06 bits per heavy atom. The van der Waals surface area contributed by atoms with Crippen molar-refractivity contribution >= 4 is 29.6 Å². The van der Waals surface area contributed by atoms with Gasteiger partial charge in [0.15, 0.2) is 11.5 Å². The number of carbonyl (C=O) groups is 2. The fraction of sp³-hybridized carbons (Fsp3) is 0.400. The molecule has 0 saturated carbocycles. The van der Waals surface area contributed by atoms with Crippen molar-refractivity contribution in [1.82, 2.24) is 10.7 Å². The van der Waals surface area contributed by atoms with Crippen LogP contribution in [-0.4, -0.2) is 37.3 Å². The van der Waals surface area contributed by atoms with Crippen molar-refractivity contribution in [2.45, 2.75) is 46.6 Å². The van der Waals surface area contributed by atoms with Gasteiger partial charge < -0.3 is 14.8 Å². The summed E-state index contributed by atoms with van der Waals surface area (Å²) in [7, 11) is 0. The second-order valence-corrected chi connectivity index (χ2v) is 8.32. The number of rotatable bonds is 12. The average molecular weight is 474 g/mol. The average Bonchev–Trinajstić information content (AvgIpc) is 2.78. The second-order valence-electron chi connectivity index (χ2n) is 7.88. The van der Waals surface area contributed by atoms with E-state index in [-0.39, 0.29) is 11.8 Å². The third kappa shape index (κ3) is 8.77. The molecule has 2 N–H and O–H groups in total. The first kappa shape index (κ1) is 26.2. The monoisotopic (exact) mass is 473 g/mol. The summed E-state index contributed by atoms with van der Waals surface area (Å²) in [6, 6.07) is 11.2. The standard InChI is InChI=1S/C25H32ClN3O4/c1-5-13-33-22-12-7-18(15-23(22)32-6-2)16-27-29-25(31)21(14-17(3)4)28-24(30)19-8-10-20(26)11-9-19/h7-12,15-17,21H,5-6,13-14H2,1-4H3,(H,28,30)(H,29,31). The van der Waals surface area contributed by atoms with Gasteiger partial charge in [-0.1, -0.05) is 32.4 Å². The van der Waals surface area contributed by atoms with Crippen LogP contribution in [0.5, 0.6) is 11.5 Å². The predicted octanol–water partition coefficient (Wildman–Crippen LogP) is 4.82. The predicted molar refractivity (Wildman–Crippen MR) is 131 cm³/mol. The van der Waals surface area contributed by atoms with Crippen molar-refractivity contribution in [3.8, 4) is 11.5 Å². The molecule has 0 radical (unpaired) electrons. The van der Waals surface area contributed by atoms with Crippen LogP contribution in [0, 0.1) is 5.92 Å². The third-order valence-electron chi connectivity index (χ3n) is 4.55. The highest BCUT2D eigenvalue weighted by molar-refractivity contribution is 6.30. The zero-order valence-corrected chi connectivity index (χ0v) is 20.3. The molecule has 0 spiro atoms. The molecule has 1 atom stereocenters. The molecule has 2 rings (SSSR count). The minimum Gasteiger partial charge on any atom is -0.490 e. The van der Waals surface area contributed by atoms with Crippen molar-refractivity contribution in [3.05, 3.63) is 58.6 Å². The summed E-state index contributed by atoms with van der Waals surface area (Å²) in [4.78, 5) is 25.3. The van der Waals surface area contributed by atoms with E-state index < -0.39 is 11.9 Å². The Balaban J connectivity index is 2.05. The van der Waals surface area contributed by atoms with E-state index in [4.69, 9.17) is 21.1 Å². The molecule has 0 bridgehead atoms. The SMILES string of the molecule is CCCOc1ccc(C=NNC(=O)C(CC(C)C)NC(=O)c2ccc(Cl)cc2)cc1OCC. The fourth-order valence-electron chi connectivity index (χ4n) is 3.00. The quantitative estimate of drug-likeness (QED) is 0.341. The van der Waals surface area contributed by atoms with E-state index in [2.05, 4.69) is 15.8 Å². The van der Waals surface area contributed by atoms with Gasteiger partial charge in [0, 0.05) is 10.6 Å². The molecule has 0 aromatic heterocycles. The van der Waals surface area contributed by atoms with E-state index in [1.807, 2.05) is 39.8 Å². The number of hydrogen-bond donors (Lipinski definition) is 2. The molecular weight excluding hydrogens is 442 g/mol. The van der Waals surface area contributed by atoms with Crippen LogP contribution in [0.25, 0.3) is 0 Å². The zero-order chi connectivity index (χ0) is 24.2. The molecule has 0 saturated heterocycles. The molecule has 2 amide bonds. The van der Waals surface area contributed by atoms with Crippen LogP contribution in [0.4, 0.5) is 0 Å². The first-order chi connectivity index (χ1) is 15.8. The molecule has 1 unspecified atom stereocenters. The van der Waals surface area contributed by atoms with Crippen molar-refractivity contribution in [2.75, 3.05) is 13.2 Å². The number of ether oxygens (including phenoxy) is 2. The van der Waals surface area contributed by atoms with E-state index in [0.717, 1.165) is 12.0 Å². The lowest BCUT2D eigenvalue weighted by atomic mass is 10.0. The van der Waals surface area contributed by atoms with E-state index in [1.165, 1.54) is 6.21 Å². The van der Waals surface area contributed by atoms with Gasteiger partial charge in [0.2, 0.25) is 0 Å². The number of hydrazone groups is 1. The van der Waals surface area contributed by atoms with Gasteiger partial charge in [-0.25, -0.2) is 5.43 Å². The van der Waals surface area contributed by atoms with Gasteiger partial charge in [0.1, 0.15) is 6.04 Å². The minimum atomic E-state index is -0.728. The summed E-state index contributed by atoms with van der Waals surface area (Å²) in [5, 5.41) is 7.38. The van der Waals surface area contributed by atoms with Crippen LogP contribution >= 0.6 is 11.6 Å². The number of benzene rings is 2. The lowest BCUT2D eigenvalue weighted by Crippen LogP contribution is -2.46. The molecule has 0 heterocycles. The maximum absolute atomic E-state index is 12.7. The molecular formula is C25H32ClN3O4. The molecule has 2 aromatic rings. The second kappa shape index (κ2) is 13.5. The Kier molecular flexibility index (Phi) is 10.7. The van der Waals surface area contributed by atoms with Gasteiger partial charge in [-0.3, -0.25) is 9.59 Å². The molecule has 0 aliphatic heterocycles. The van der Waals surface area contributed by atoms with Gasteiger partial charge >= 0.3 is 0 Å². The Morgan fingerprint density at radius 3 is 2.42 bits per heavy atom. The summed E-state index contributed by atoms with van der Waals surface area (Å²) in [6.45, 7) is 9.00. The fourth-order valence-corrected chi connectivity index (χ4v) is 3.12. The zero-order valence-electron chi connectivity index (χ0n) is 19.6. The van der Waals surface area contributed by atoms with E-state index in [0.29, 0.717) is 41.7 Å². The van der Waals surface area contributed by atoms with Crippen LogP contribution in [0.15, 0.2) is 47.6 Å². The number of hydrogen-bond acceptors (Lipinski definition) is 5. The molecule has 33 heavy (non-hydrogen) atoms. The summed E-state index contributed by atoms with van der Waals surface area (Å²) < 4.78 is 11.3. The normalized spacial score (nSPS) is 11.9. The lowest BCUT2D eigenvalue weighted by Gasteiger charge is -2.19. The molecule has 8 heteroatoms. The summed E-state index contributed by atoms with van der Waals surface area (Å²) >= 11 is 5.88. The Morgan fingerprint density at radius 2 is 1.79 bits per heavy atom. The number of nitrogens with one attached hydrogen (secondary N) is 2. The first-order valence-electron chi connectivity index (χ1n) is 11.1. The van der Waals surface area contributed by atoms with E-state index in [1.54, 1.807) is 30.3 Å². The molecule has 0 aliphatic carbocycles. The Hall–Kier alpha value is -3.06. The summed E-state index contributed by atoms with van der Waals surface area (Å²) in [5.74, 6) is 0.742. The van der Waals surface area contributed by atoms with E-state index in [9.17, 15) is 9.59 Å². The highest BCUT2D eigenvalue weighted by Gasteiger charge is 2.22. The van der Waals surface area contributed by atoms with Gasteiger partial charge in [-0.05, 0) is 73.7 Å². The first-order valence-corrected chi connectivity index (χ1v) is 11.5. The van der Waals surface area contributed by atoms with Crippen LogP contribution in [0.3, 0.4) is 0 Å².